The van der Waals surface area contributed by atoms with Gasteiger partial charge in [-0.15, -0.1) is 0 Å². The molecule has 0 unspecified atom stereocenters. The smallest absolute Gasteiger partial charge is 0.255 e. The highest BCUT2D eigenvalue weighted by Gasteiger charge is 2.29. The van der Waals surface area contributed by atoms with Crippen molar-refractivity contribution in [3.63, 3.8) is 0 Å². The number of anilines is 1. The van der Waals surface area contributed by atoms with Gasteiger partial charge in [-0.2, -0.15) is 0 Å². The molecule has 1 N–H and O–H groups in total. The molecule has 0 saturated carbocycles. The highest BCUT2D eigenvalue weighted by atomic mass is 35.5. The molecule has 2 aromatic heterocycles. The Kier molecular flexibility index (Phi) is 7.64. The van der Waals surface area contributed by atoms with E-state index in [0.717, 1.165) is 41.2 Å². The number of nitrogens with one attached hydrogen (secondary N) is 1. The standard InChI is InChI=1S/C27H29ClN6O/c1-5-24-22(9-6-18-7-11-25(29-2)30-15-18)26(32-17-31-24)19-8-10-21(23(28)14-19)27(35)34-13-12-20(16-34)33(3)4/h7-8,10-11,14-15,17,20H,5,12-13,16H2,1-4H3,(H,29,30)/t20-/m1/s1. The number of likely N-dealkylation sites (tertiary alicyclic amines) is 1. The second kappa shape index (κ2) is 10.9. The zero-order chi connectivity index (χ0) is 24.9. The summed E-state index contributed by atoms with van der Waals surface area (Å²) in [6.45, 7) is 3.47. The molecule has 3 aromatic rings. The summed E-state index contributed by atoms with van der Waals surface area (Å²) in [7, 11) is 5.91. The van der Waals surface area contributed by atoms with Crippen LogP contribution in [0.2, 0.25) is 5.02 Å². The number of likely N-dealkylation sites (N-methyl/N-ethyl adjacent to an activating group) is 1. The number of pyridine rings is 1. The predicted molar refractivity (Wildman–Crippen MR) is 140 cm³/mol. The summed E-state index contributed by atoms with van der Waals surface area (Å²) < 4.78 is 0. The maximum atomic E-state index is 13.1. The van der Waals surface area contributed by atoms with Crippen molar-refractivity contribution < 1.29 is 4.79 Å². The van der Waals surface area contributed by atoms with Crippen LogP contribution in [0.15, 0.2) is 42.9 Å². The lowest BCUT2D eigenvalue weighted by atomic mass is 10.0. The molecule has 1 saturated heterocycles. The normalized spacial score (nSPS) is 15.1. The van der Waals surface area contributed by atoms with E-state index in [9.17, 15) is 4.79 Å². The van der Waals surface area contributed by atoms with Crippen molar-refractivity contribution in [2.45, 2.75) is 25.8 Å². The number of nitrogens with zero attached hydrogens (tertiary/aromatic N) is 5. The fraction of sp³-hybridized carbons (Fsp3) is 0.333. The first-order chi connectivity index (χ1) is 16.9. The van der Waals surface area contributed by atoms with Crippen LogP contribution < -0.4 is 5.32 Å². The van der Waals surface area contributed by atoms with Crippen molar-refractivity contribution >= 4 is 23.3 Å². The SMILES string of the molecule is CCc1ncnc(-c2ccc(C(=O)N3CC[C@@H](N(C)C)C3)c(Cl)c2)c1C#Cc1ccc(NC)nc1. The van der Waals surface area contributed by atoms with Gasteiger partial charge in [-0.05, 0) is 51.2 Å². The number of hydrogen-bond acceptors (Lipinski definition) is 6. The number of benzene rings is 1. The minimum absolute atomic E-state index is 0.0413. The van der Waals surface area contributed by atoms with Gasteiger partial charge >= 0.3 is 0 Å². The van der Waals surface area contributed by atoms with Gasteiger partial charge in [-0.3, -0.25) is 4.79 Å². The lowest BCUT2D eigenvalue weighted by Crippen LogP contribution is -2.34. The van der Waals surface area contributed by atoms with Crippen LogP contribution >= 0.6 is 11.6 Å². The molecule has 0 radical (unpaired) electrons. The van der Waals surface area contributed by atoms with Crippen LogP contribution in [0.3, 0.4) is 0 Å². The fourth-order valence-corrected chi connectivity index (χ4v) is 4.41. The number of carbonyl (C=O) groups is 1. The first kappa shape index (κ1) is 24.6. The maximum absolute atomic E-state index is 13.1. The van der Waals surface area contributed by atoms with Gasteiger partial charge in [0.25, 0.3) is 5.91 Å². The summed E-state index contributed by atoms with van der Waals surface area (Å²) in [6, 6.07) is 9.63. The van der Waals surface area contributed by atoms with E-state index < -0.39 is 0 Å². The van der Waals surface area contributed by atoms with E-state index in [0.29, 0.717) is 35.3 Å². The van der Waals surface area contributed by atoms with Crippen molar-refractivity contribution in [1.29, 1.82) is 0 Å². The third kappa shape index (κ3) is 5.45. The molecule has 1 amide bonds. The molecule has 1 atom stereocenters. The van der Waals surface area contributed by atoms with E-state index in [1.807, 2.05) is 51.2 Å². The summed E-state index contributed by atoms with van der Waals surface area (Å²) >= 11 is 6.63. The average Bonchev–Trinajstić information content (AvgIpc) is 3.38. The van der Waals surface area contributed by atoms with Crippen molar-refractivity contribution in [3.05, 3.63) is 70.3 Å². The highest BCUT2D eigenvalue weighted by molar-refractivity contribution is 6.34. The Morgan fingerprint density at radius 1 is 1.20 bits per heavy atom. The Morgan fingerprint density at radius 2 is 2.03 bits per heavy atom. The number of rotatable bonds is 5. The Hall–Kier alpha value is -3.47. The van der Waals surface area contributed by atoms with Crippen LogP contribution in [0.25, 0.3) is 11.3 Å². The summed E-state index contributed by atoms with van der Waals surface area (Å²) in [6.07, 6.45) is 4.94. The quantitative estimate of drug-likeness (QED) is 0.548. The molecule has 3 heterocycles. The van der Waals surface area contributed by atoms with Crippen molar-refractivity contribution in [1.82, 2.24) is 24.8 Å². The van der Waals surface area contributed by atoms with Crippen LogP contribution in [0.5, 0.6) is 0 Å². The van der Waals surface area contributed by atoms with Crippen LogP contribution in [-0.4, -0.2) is 70.9 Å². The molecule has 7 nitrogen and oxygen atoms in total. The van der Waals surface area contributed by atoms with Gasteiger partial charge < -0.3 is 15.1 Å². The molecular formula is C27H29ClN6O. The van der Waals surface area contributed by atoms with E-state index in [4.69, 9.17) is 11.6 Å². The predicted octanol–water partition coefficient (Wildman–Crippen LogP) is 3.97. The third-order valence-corrected chi connectivity index (χ3v) is 6.58. The average molecular weight is 489 g/mol. The molecule has 1 aliphatic heterocycles. The minimum atomic E-state index is -0.0413. The van der Waals surface area contributed by atoms with Crippen LogP contribution in [-0.2, 0) is 6.42 Å². The number of aromatic nitrogens is 3. The molecule has 1 aliphatic rings. The van der Waals surface area contributed by atoms with Gasteiger partial charge in [-0.1, -0.05) is 36.4 Å². The Balaban J connectivity index is 1.65. The lowest BCUT2D eigenvalue weighted by molar-refractivity contribution is 0.0783. The molecule has 4 rings (SSSR count). The van der Waals surface area contributed by atoms with Crippen molar-refractivity contribution in [2.24, 2.45) is 0 Å². The zero-order valence-corrected chi connectivity index (χ0v) is 21.2. The number of amides is 1. The molecule has 180 valence electrons. The number of halogens is 1. The molecule has 0 aliphatic carbocycles. The summed E-state index contributed by atoms with van der Waals surface area (Å²) in [5.74, 6) is 7.16. The Labute approximate surface area is 211 Å². The molecular weight excluding hydrogens is 460 g/mol. The summed E-state index contributed by atoms with van der Waals surface area (Å²) in [4.78, 5) is 30.4. The van der Waals surface area contributed by atoms with Gasteiger partial charge in [-0.25, -0.2) is 15.0 Å². The third-order valence-electron chi connectivity index (χ3n) is 6.27. The van der Waals surface area contributed by atoms with E-state index in [1.165, 1.54) is 0 Å². The number of aryl methyl sites for hydroxylation is 1. The monoisotopic (exact) mass is 488 g/mol. The molecule has 0 spiro atoms. The number of carbonyl (C=O) groups excluding carboxylic acids is 1. The van der Waals surface area contributed by atoms with Crippen LogP contribution in [0, 0.1) is 11.8 Å². The first-order valence-corrected chi connectivity index (χ1v) is 12.0. The fourth-order valence-electron chi connectivity index (χ4n) is 4.14. The maximum Gasteiger partial charge on any atom is 0.255 e. The minimum Gasteiger partial charge on any atom is -0.373 e. The Morgan fingerprint density at radius 3 is 2.66 bits per heavy atom. The van der Waals surface area contributed by atoms with Gasteiger partial charge in [0, 0.05) is 43.5 Å². The summed E-state index contributed by atoms with van der Waals surface area (Å²) in [5.41, 5.74) is 4.38. The lowest BCUT2D eigenvalue weighted by Gasteiger charge is -2.21. The molecule has 1 fully saturated rings. The molecule has 35 heavy (non-hydrogen) atoms. The topological polar surface area (TPSA) is 74.2 Å². The molecule has 1 aromatic carbocycles. The van der Waals surface area contributed by atoms with Crippen molar-refractivity contribution in [3.8, 4) is 23.1 Å². The van der Waals surface area contributed by atoms with Crippen LogP contribution in [0.1, 0.15) is 40.5 Å². The summed E-state index contributed by atoms with van der Waals surface area (Å²) in [5, 5.41) is 3.40. The second-order valence-electron chi connectivity index (χ2n) is 8.68. The van der Waals surface area contributed by atoms with Gasteiger partial charge in [0.2, 0.25) is 0 Å². The van der Waals surface area contributed by atoms with E-state index in [-0.39, 0.29) is 5.91 Å². The molecule has 8 heteroatoms. The van der Waals surface area contributed by atoms with Gasteiger partial charge in [0.05, 0.1) is 27.5 Å². The largest absolute Gasteiger partial charge is 0.373 e. The molecule has 0 bridgehead atoms. The first-order valence-electron chi connectivity index (χ1n) is 11.7. The van der Waals surface area contributed by atoms with E-state index >= 15 is 0 Å². The zero-order valence-electron chi connectivity index (χ0n) is 20.5. The number of hydrogen-bond donors (Lipinski definition) is 1. The van der Waals surface area contributed by atoms with E-state index in [2.05, 4.69) is 37.0 Å². The Bertz CT molecular complexity index is 1280. The van der Waals surface area contributed by atoms with Crippen LogP contribution in [0.4, 0.5) is 5.82 Å². The van der Waals surface area contributed by atoms with Gasteiger partial charge in [0.1, 0.15) is 12.1 Å². The van der Waals surface area contributed by atoms with Crippen molar-refractivity contribution in [2.75, 3.05) is 39.5 Å². The van der Waals surface area contributed by atoms with Gasteiger partial charge in [0.15, 0.2) is 0 Å². The van der Waals surface area contributed by atoms with E-state index in [1.54, 1.807) is 24.7 Å². The second-order valence-corrected chi connectivity index (χ2v) is 9.09. The highest BCUT2D eigenvalue weighted by Crippen LogP contribution is 2.29.